The summed E-state index contributed by atoms with van der Waals surface area (Å²) < 4.78 is 1.66. The fraction of sp³-hybridized carbons (Fsp3) is 0.700. The van der Waals surface area contributed by atoms with E-state index in [-0.39, 0.29) is 6.04 Å². The zero-order valence-corrected chi connectivity index (χ0v) is 8.62. The van der Waals surface area contributed by atoms with Crippen LogP contribution in [0.4, 0.5) is 0 Å². The largest absolute Gasteiger partial charge is 0.493 e. The van der Waals surface area contributed by atoms with Crippen molar-refractivity contribution in [2.45, 2.75) is 46.1 Å². The summed E-state index contributed by atoms with van der Waals surface area (Å²) in [5, 5.41) is 13.9. The molecule has 3 heteroatoms. The van der Waals surface area contributed by atoms with E-state index in [0.29, 0.717) is 5.88 Å². The Morgan fingerprint density at radius 3 is 2.69 bits per heavy atom. The molecule has 0 aromatic carbocycles. The number of unbranched alkanes of at least 4 members (excludes halogenated alkanes) is 1. The van der Waals surface area contributed by atoms with Gasteiger partial charge < -0.3 is 5.11 Å². The molecule has 0 unspecified atom stereocenters. The second-order valence-corrected chi connectivity index (χ2v) is 3.64. The van der Waals surface area contributed by atoms with E-state index < -0.39 is 0 Å². The molecular formula is C10H18N2O. The second-order valence-electron chi connectivity index (χ2n) is 3.64. The average Bonchev–Trinajstić information content (AvgIpc) is 2.43. The Balaban J connectivity index is 2.74. The van der Waals surface area contributed by atoms with E-state index in [1.54, 1.807) is 10.9 Å². The third-order valence-electron chi connectivity index (χ3n) is 2.13. The van der Waals surface area contributed by atoms with E-state index in [1.165, 1.54) is 0 Å². The van der Waals surface area contributed by atoms with E-state index >= 15 is 0 Å². The summed E-state index contributed by atoms with van der Waals surface area (Å²) >= 11 is 0. The van der Waals surface area contributed by atoms with Gasteiger partial charge in [0.05, 0.1) is 12.2 Å². The van der Waals surface area contributed by atoms with Crippen LogP contribution in [0.2, 0.25) is 0 Å². The monoisotopic (exact) mass is 182 g/mol. The van der Waals surface area contributed by atoms with Crippen LogP contribution in [0.25, 0.3) is 0 Å². The molecule has 1 rings (SSSR count). The molecule has 0 aliphatic carbocycles. The Hall–Kier alpha value is -0.990. The van der Waals surface area contributed by atoms with Crippen LogP contribution < -0.4 is 0 Å². The summed E-state index contributed by atoms with van der Waals surface area (Å²) in [7, 11) is 0. The third kappa shape index (κ3) is 2.23. The Morgan fingerprint density at radius 2 is 2.23 bits per heavy atom. The Labute approximate surface area is 79.4 Å². The molecule has 0 aliphatic rings. The summed E-state index contributed by atoms with van der Waals surface area (Å²) in [5.41, 5.74) is 0.968. The smallest absolute Gasteiger partial charge is 0.212 e. The first-order chi connectivity index (χ1) is 6.16. The zero-order chi connectivity index (χ0) is 9.84. The molecule has 1 heterocycles. The van der Waals surface area contributed by atoms with Crippen LogP contribution in [0.3, 0.4) is 0 Å². The summed E-state index contributed by atoms with van der Waals surface area (Å²) in [5.74, 6) is 0.337. The Kier molecular flexibility index (Phi) is 3.34. The second kappa shape index (κ2) is 4.30. The van der Waals surface area contributed by atoms with Gasteiger partial charge in [-0.1, -0.05) is 13.3 Å². The summed E-state index contributed by atoms with van der Waals surface area (Å²) in [6.45, 7) is 6.16. The van der Waals surface area contributed by atoms with Crippen LogP contribution in [0.15, 0.2) is 6.20 Å². The fourth-order valence-electron chi connectivity index (χ4n) is 1.31. The van der Waals surface area contributed by atoms with E-state index in [1.807, 2.05) is 13.8 Å². The van der Waals surface area contributed by atoms with Gasteiger partial charge in [-0.3, -0.25) is 0 Å². The van der Waals surface area contributed by atoms with Gasteiger partial charge in [0.2, 0.25) is 5.88 Å². The lowest BCUT2D eigenvalue weighted by Gasteiger charge is -2.06. The number of nitrogens with zero attached hydrogens (tertiary/aromatic N) is 2. The molecule has 1 aromatic rings. The molecule has 74 valence electrons. The van der Waals surface area contributed by atoms with E-state index in [9.17, 15) is 5.11 Å². The van der Waals surface area contributed by atoms with Crippen LogP contribution in [0, 0.1) is 0 Å². The normalized spacial score (nSPS) is 11.1. The van der Waals surface area contributed by atoms with Crippen molar-refractivity contribution in [3.63, 3.8) is 0 Å². The van der Waals surface area contributed by atoms with Crippen molar-refractivity contribution < 1.29 is 5.11 Å². The molecule has 0 aliphatic heterocycles. The van der Waals surface area contributed by atoms with Gasteiger partial charge >= 0.3 is 0 Å². The Bertz CT molecular complexity index is 266. The minimum absolute atomic E-state index is 0.232. The van der Waals surface area contributed by atoms with Gasteiger partial charge in [-0.15, -0.1) is 0 Å². The first-order valence-corrected chi connectivity index (χ1v) is 4.92. The lowest BCUT2D eigenvalue weighted by Crippen LogP contribution is -2.01. The molecule has 1 N–H and O–H groups in total. The van der Waals surface area contributed by atoms with Crippen LogP contribution in [0.5, 0.6) is 5.88 Å². The molecule has 0 spiro atoms. The molecule has 0 bridgehead atoms. The third-order valence-corrected chi connectivity index (χ3v) is 2.13. The van der Waals surface area contributed by atoms with Crippen LogP contribution >= 0.6 is 0 Å². The minimum Gasteiger partial charge on any atom is -0.493 e. The van der Waals surface area contributed by atoms with Gasteiger partial charge in [0.15, 0.2) is 0 Å². The van der Waals surface area contributed by atoms with E-state index in [0.717, 1.165) is 24.8 Å². The minimum atomic E-state index is 0.232. The van der Waals surface area contributed by atoms with Gasteiger partial charge in [-0.2, -0.15) is 5.10 Å². The maximum Gasteiger partial charge on any atom is 0.212 e. The highest BCUT2D eigenvalue weighted by atomic mass is 16.3. The maximum atomic E-state index is 9.73. The molecular weight excluding hydrogens is 164 g/mol. The van der Waals surface area contributed by atoms with Crippen LogP contribution in [-0.2, 0) is 6.42 Å². The number of aromatic nitrogens is 2. The van der Waals surface area contributed by atoms with Crippen LogP contribution in [-0.4, -0.2) is 14.9 Å². The number of aryl methyl sites for hydroxylation is 1. The molecule has 3 nitrogen and oxygen atoms in total. The SMILES string of the molecule is CCCCc1cnn(C(C)C)c1O. The van der Waals surface area contributed by atoms with E-state index in [4.69, 9.17) is 0 Å². The average molecular weight is 182 g/mol. The van der Waals surface area contributed by atoms with Crippen molar-refractivity contribution >= 4 is 0 Å². The first-order valence-electron chi connectivity index (χ1n) is 4.92. The molecule has 0 saturated heterocycles. The molecule has 0 saturated carbocycles. The fourth-order valence-corrected chi connectivity index (χ4v) is 1.31. The maximum absolute atomic E-state index is 9.73. The van der Waals surface area contributed by atoms with E-state index in [2.05, 4.69) is 12.0 Å². The lowest BCUT2D eigenvalue weighted by molar-refractivity contribution is 0.373. The van der Waals surface area contributed by atoms with Crippen molar-refractivity contribution in [2.24, 2.45) is 0 Å². The number of rotatable bonds is 4. The standard InChI is InChI=1S/C10H18N2O/c1-4-5-6-9-7-11-12(8(2)3)10(9)13/h7-8,13H,4-6H2,1-3H3. The highest BCUT2D eigenvalue weighted by Gasteiger charge is 2.10. The predicted octanol–water partition coefficient (Wildman–Crippen LogP) is 2.51. The van der Waals surface area contributed by atoms with Gasteiger partial charge in [0, 0.05) is 5.56 Å². The van der Waals surface area contributed by atoms with Gasteiger partial charge in [-0.25, -0.2) is 4.68 Å². The molecule has 0 radical (unpaired) electrons. The highest BCUT2D eigenvalue weighted by Crippen LogP contribution is 2.21. The molecule has 1 aromatic heterocycles. The predicted molar refractivity (Wildman–Crippen MR) is 52.9 cm³/mol. The van der Waals surface area contributed by atoms with Crippen LogP contribution in [0.1, 0.15) is 45.2 Å². The van der Waals surface area contributed by atoms with Gasteiger partial charge in [-0.05, 0) is 26.7 Å². The lowest BCUT2D eigenvalue weighted by atomic mass is 10.1. The summed E-state index contributed by atoms with van der Waals surface area (Å²) in [4.78, 5) is 0. The molecule has 0 fully saturated rings. The quantitative estimate of drug-likeness (QED) is 0.777. The number of hydrogen-bond acceptors (Lipinski definition) is 2. The van der Waals surface area contributed by atoms with Crippen molar-refractivity contribution in [1.82, 2.24) is 9.78 Å². The van der Waals surface area contributed by atoms with Gasteiger partial charge in [0.25, 0.3) is 0 Å². The van der Waals surface area contributed by atoms with Gasteiger partial charge in [0.1, 0.15) is 0 Å². The van der Waals surface area contributed by atoms with Crippen molar-refractivity contribution in [2.75, 3.05) is 0 Å². The van der Waals surface area contributed by atoms with Crippen molar-refractivity contribution in [3.05, 3.63) is 11.8 Å². The molecule has 13 heavy (non-hydrogen) atoms. The molecule has 0 atom stereocenters. The first kappa shape index (κ1) is 10.1. The zero-order valence-electron chi connectivity index (χ0n) is 8.62. The highest BCUT2D eigenvalue weighted by molar-refractivity contribution is 5.23. The Morgan fingerprint density at radius 1 is 1.54 bits per heavy atom. The van der Waals surface area contributed by atoms with Crippen molar-refractivity contribution in [3.8, 4) is 5.88 Å². The number of hydrogen-bond donors (Lipinski definition) is 1. The topological polar surface area (TPSA) is 38.0 Å². The number of aromatic hydroxyl groups is 1. The van der Waals surface area contributed by atoms with Crippen molar-refractivity contribution in [1.29, 1.82) is 0 Å². The summed E-state index contributed by atoms with van der Waals surface area (Å²) in [6, 6.07) is 0.232. The molecule has 0 amide bonds. The summed E-state index contributed by atoms with van der Waals surface area (Å²) in [6.07, 6.45) is 4.95.